The highest BCUT2D eigenvalue weighted by Gasteiger charge is 2.27. The number of nitrogens with one attached hydrogen (secondary N) is 1. The van der Waals surface area contributed by atoms with Crippen molar-refractivity contribution in [2.45, 2.75) is 13.8 Å². The van der Waals surface area contributed by atoms with Gasteiger partial charge >= 0.3 is 6.03 Å². The molecule has 4 heterocycles. The number of anilines is 1. The Morgan fingerprint density at radius 1 is 1.10 bits per heavy atom. The summed E-state index contributed by atoms with van der Waals surface area (Å²) >= 11 is 1.27. The van der Waals surface area contributed by atoms with E-state index in [1.165, 1.54) is 11.3 Å². The van der Waals surface area contributed by atoms with Crippen LogP contribution in [-0.2, 0) is 0 Å². The summed E-state index contributed by atoms with van der Waals surface area (Å²) in [5.74, 6) is 1.27. The lowest BCUT2D eigenvalue weighted by molar-refractivity contribution is 0.0670. The van der Waals surface area contributed by atoms with Gasteiger partial charge in [-0.15, -0.1) is 10.2 Å². The van der Waals surface area contributed by atoms with E-state index in [4.69, 9.17) is 4.42 Å². The van der Waals surface area contributed by atoms with Gasteiger partial charge in [0.2, 0.25) is 5.13 Å². The van der Waals surface area contributed by atoms with Crippen molar-refractivity contribution >= 4 is 28.4 Å². The van der Waals surface area contributed by atoms with E-state index in [0.29, 0.717) is 59.1 Å². The van der Waals surface area contributed by atoms with Gasteiger partial charge in [-0.2, -0.15) is 0 Å². The number of hydrogen-bond acceptors (Lipinski definition) is 7. The molecule has 0 bridgehead atoms. The number of amides is 3. The van der Waals surface area contributed by atoms with E-state index >= 15 is 0 Å². The molecule has 10 heteroatoms. The molecule has 4 rings (SSSR count). The zero-order chi connectivity index (χ0) is 20.4. The van der Waals surface area contributed by atoms with Gasteiger partial charge in [-0.3, -0.25) is 15.1 Å². The summed E-state index contributed by atoms with van der Waals surface area (Å²) in [6.07, 6.45) is 1.68. The van der Waals surface area contributed by atoms with Gasteiger partial charge in [0.15, 0.2) is 5.01 Å². The smallest absolute Gasteiger partial charge is 0.323 e. The summed E-state index contributed by atoms with van der Waals surface area (Å²) < 4.78 is 5.45. The maximum Gasteiger partial charge on any atom is 0.323 e. The zero-order valence-electron chi connectivity index (χ0n) is 16.1. The van der Waals surface area contributed by atoms with E-state index in [-0.39, 0.29) is 11.9 Å². The number of carbonyl (C=O) groups excluding carboxylic acids is 2. The monoisotopic (exact) mass is 412 g/mol. The van der Waals surface area contributed by atoms with Crippen molar-refractivity contribution in [3.05, 3.63) is 47.5 Å². The molecule has 1 saturated heterocycles. The van der Waals surface area contributed by atoms with Crippen LogP contribution in [0, 0.1) is 13.8 Å². The highest BCUT2D eigenvalue weighted by molar-refractivity contribution is 7.18. The maximum atomic E-state index is 12.7. The number of pyridine rings is 1. The molecule has 150 valence electrons. The molecule has 3 aromatic rings. The molecule has 1 N–H and O–H groups in total. The Balaban J connectivity index is 1.33. The number of rotatable bonds is 3. The van der Waals surface area contributed by atoms with Crippen LogP contribution in [0.3, 0.4) is 0 Å². The molecule has 1 fully saturated rings. The molecule has 0 aliphatic carbocycles. The minimum absolute atomic E-state index is 0.0662. The molecule has 0 atom stereocenters. The third-order valence-corrected chi connectivity index (χ3v) is 5.51. The quantitative estimate of drug-likeness (QED) is 0.709. The van der Waals surface area contributed by atoms with Crippen LogP contribution in [0.25, 0.3) is 10.7 Å². The average molecular weight is 412 g/mol. The number of hydrogen-bond donors (Lipinski definition) is 1. The zero-order valence-corrected chi connectivity index (χ0v) is 16.9. The van der Waals surface area contributed by atoms with Gasteiger partial charge in [0, 0.05) is 32.4 Å². The molecule has 3 aromatic heterocycles. The molecule has 3 amide bonds. The highest BCUT2D eigenvalue weighted by atomic mass is 32.1. The van der Waals surface area contributed by atoms with E-state index in [2.05, 4.69) is 20.5 Å². The van der Waals surface area contributed by atoms with Crippen LogP contribution in [-0.4, -0.2) is 63.1 Å². The summed E-state index contributed by atoms with van der Waals surface area (Å²) in [6, 6.07) is 7.04. The van der Waals surface area contributed by atoms with E-state index in [0.717, 1.165) is 0 Å². The second-order valence-corrected chi connectivity index (χ2v) is 7.64. The van der Waals surface area contributed by atoms with Crippen LogP contribution in [0.15, 0.2) is 34.9 Å². The maximum absolute atomic E-state index is 12.7. The van der Waals surface area contributed by atoms with Crippen LogP contribution in [0.4, 0.5) is 9.93 Å². The van der Waals surface area contributed by atoms with E-state index in [9.17, 15) is 9.59 Å². The lowest BCUT2D eigenvalue weighted by Gasteiger charge is -2.34. The Kier molecular flexibility index (Phi) is 5.26. The van der Waals surface area contributed by atoms with Crippen LogP contribution in [0.5, 0.6) is 0 Å². The summed E-state index contributed by atoms with van der Waals surface area (Å²) in [7, 11) is 0. The predicted molar refractivity (Wildman–Crippen MR) is 108 cm³/mol. The van der Waals surface area contributed by atoms with Gasteiger partial charge in [0.05, 0.1) is 5.56 Å². The number of nitrogens with zero attached hydrogens (tertiary/aromatic N) is 5. The molecule has 0 spiro atoms. The average Bonchev–Trinajstić information content (AvgIpc) is 3.34. The molecule has 1 aliphatic heterocycles. The SMILES string of the molecule is Cc1cc(C(=O)N2CCN(C(=O)Nc3nnc(-c4ccccn4)s3)CC2)c(C)o1. The largest absolute Gasteiger partial charge is 0.466 e. The second-order valence-electron chi connectivity index (χ2n) is 6.66. The molecule has 29 heavy (non-hydrogen) atoms. The normalized spacial score (nSPS) is 14.1. The van der Waals surface area contributed by atoms with Crippen molar-refractivity contribution in [2.75, 3.05) is 31.5 Å². The topological polar surface area (TPSA) is 104 Å². The molecule has 1 aliphatic rings. The molecule has 9 nitrogen and oxygen atoms in total. The Labute approximate surface area is 171 Å². The van der Waals surface area contributed by atoms with Crippen molar-refractivity contribution in [1.82, 2.24) is 25.0 Å². The predicted octanol–water partition coefficient (Wildman–Crippen LogP) is 2.80. The Hall–Kier alpha value is -3.27. The first-order valence-corrected chi connectivity index (χ1v) is 10.00. The lowest BCUT2D eigenvalue weighted by atomic mass is 10.2. The van der Waals surface area contributed by atoms with Gasteiger partial charge in [-0.25, -0.2) is 4.79 Å². The Morgan fingerprint density at radius 2 is 1.86 bits per heavy atom. The first-order valence-electron chi connectivity index (χ1n) is 9.18. The van der Waals surface area contributed by atoms with Gasteiger partial charge in [-0.1, -0.05) is 17.4 Å². The van der Waals surface area contributed by atoms with Crippen molar-refractivity contribution in [3.8, 4) is 10.7 Å². The van der Waals surface area contributed by atoms with Gasteiger partial charge < -0.3 is 14.2 Å². The summed E-state index contributed by atoms with van der Waals surface area (Å²) in [6.45, 7) is 5.42. The molecular weight excluding hydrogens is 392 g/mol. The van der Waals surface area contributed by atoms with E-state index in [1.54, 1.807) is 29.0 Å². The fourth-order valence-electron chi connectivity index (χ4n) is 3.16. The second kappa shape index (κ2) is 8.00. The van der Waals surface area contributed by atoms with Gasteiger partial charge in [0.1, 0.15) is 17.2 Å². The Bertz CT molecular complexity index is 1020. The van der Waals surface area contributed by atoms with E-state index < -0.39 is 0 Å². The third-order valence-electron chi connectivity index (χ3n) is 4.65. The number of urea groups is 1. The number of aromatic nitrogens is 3. The van der Waals surface area contributed by atoms with Crippen molar-refractivity contribution < 1.29 is 14.0 Å². The van der Waals surface area contributed by atoms with Crippen LogP contribution in [0.2, 0.25) is 0 Å². The minimum Gasteiger partial charge on any atom is -0.466 e. The van der Waals surface area contributed by atoms with Crippen molar-refractivity contribution in [1.29, 1.82) is 0 Å². The highest BCUT2D eigenvalue weighted by Crippen LogP contribution is 2.24. The van der Waals surface area contributed by atoms with Crippen LogP contribution in [0.1, 0.15) is 21.9 Å². The number of piperazine rings is 1. The number of carbonyl (C=O) groups is 2. The fraction of sp³-hybridized carbons (Fsp3) is 0.316. The summed E-state index contributed by atoms with van der Waals surface area (Å²) in [4.78, 5) is 32.8. The third kappa shape index (κ3) is 4.11. The van der Waals surface area contributed by atoms with Crippen LogP contribution >= 0.6 is 11.3 Å². The number of aryl methyl sites for hydroxylation is 2. The summed E-state index contributed by atoms with van der Waals surface area (Å²) in [5, 5.41) is 11.9. The first-order chi connectivity index (χ1) is 14.0. The number of furan rings is 1. The van der Waals surface area contributed by atoms with Crippen LogP contribution < -0.4 is 5.32 Å². The van der Waals surface area contributed by atoms with Crippen molar-refractivity contribution in [3.63, 3.8) is 0 Å². The lowest BCUT2D eigenvalue weighted by Crippen LogP contribution is -2.51. The standard InChI is InChI=1S/C19H20N6O3S/c1-12-11-14(13(2)28-12)17(26)24-7-9-25(10-8-24)19(27)21-18-23-22-16(29-18)15-5-3-4-6-20-15/h3-6,11H,7-10H2,1-2H3,(H,21,23,27). The molecule has 0 radical (unpaired) electrons. The Morgan fingerprint density at radius 3 is 2.52 bits per heavy atom. The van der Waals surface area contributed by atoms with Gasteiger partial charge in [0.25, 0.3) is 5.91 Å². The minimum atomic E-state index is -0.254. The molecule has 0 saturated carbocycles. The van der Waals surface area contributed by atoms with E-state index in [1.807, 2.05) is 25.1 Å². The molecular formula is C19H20N6O3S. The van der Waals surface area contributed by atoms with Crippen molar-refractivity contribution in [2.24, 2.45) is 0 Å². The molecule has 0 aromatic carbocycles. The summed E-state index contributed by atoms with van der Waals surface area (Å²) in [5.41, 5.74) is 1.29. The first kappa shape index (κ1) is 19.1. The fourth-order valence-corrected chi connectivity index (χ4v) is 3.87. The molecule has 0 unspecified atom stereocenters. The van der Waals surface area contributed by atoms with Gasteiger partial charge in [-0.05, 0) is 32.0 Å².